The number of anilines is 1. The van der Waals surface area contributed by atoms with Gasteiger partial charge >= 0.3 is 0 Å². The van der Waals surface area contributed by atoms with Gasteiger partial charge in [0.1, 0.15) is 12.2 Å². The maximum absolute atomic E-state index is 9.39. The van der Waals surface area contributed by atoms with Crippen LogP contribution in [0.4, 0.5) is 5.69 Å². The number of hydrogen-bond donors (Lipinski definition) is 1. The van der Waals surface area contributed by atoms with Crippen molar-refractivity contribution in [3.63, 3.8) is 0 Å². The predicted molar refractivity (Wildman–Crippen MR) is 100 cm³/mol. The van der Waals surface area contributed by atoms with Crippen LogP contribution in [0.15, 0.2) is 60.9 Å². The largest absolute Gasteiger partial charge is 0.360 e. The molecule has 0 spiro atoms. The lowest BCUT2D eigenvalue weighted by atomic mass is 10.0. The number of nitrogens with one attached hydrogen (secondary N) is 1. The zero-order valence-corrected chi connectivity index (χ0v) is 13.5. The minimum absolute atomic E-state index is 0.554. The van der Waals surface area contributed by atoms with Gasteiger partial charge in [-0.2, -0.15) is 5.26 Å². The van der Waals surface area contributed by atoms with Gasteiger partial charge in [0.2, 0.25) is 0 Å². The van der Waals surface area contributed by atoms with Crippen molar-refractivity contribution < 1.29 is 1.37 Å². The molecule has 0 radical (unpaired) electrons. The Morgan fingerprint density at radius 1 is 1.16 bits per heavy atom. The Morgan fingerprint density at radius 3 is 3.00 bits per heavy atom. The maximum atomic E-state index is 9.39. The van der Waals surface area contributed by atoms with Gasteiger partial charge in [-0.15, -0.1) is 0 Å². The molecule has 0 fully saturated rings. The molecule has 1 N–H and O–H groups in total. The Labute approximate surface area is 147 Å². The lowest BCUT2D eigenvalue weighted by Gasteiger charge is -2.35. The average Bonchev–Trinajstić information content (AvgIpc) is 3.05. The summed E-state index contributed by atoms with van der Waals surface area (Å²) < 4.78 is 11.1. The second-order valence-electron chi connectivity index (χ2n) is 6.22. The van der Waals surface area contributed by atoms with Crippen LogP contribution in [0.2, 0.25) is 0 Å². The van der Waals surface area contributed by atoms with E-state index in [1.54, 1.807) is 6.07 Å². The van der Waals surface area contributed by atoms with Gasteiger partial charge in [-0.05, 0) is 17.7 Å². The van der Waals surface area contributed by atoms with E-state index in [4.69, 9.17) is 1.37 Å². The molecule has 0 saturated carbocycles. The zero-order valence-electron chi connectivity index (χ0n) is 14.5. The molecule has 4 heteroatoms. The lowest BCUT2D eigenvalue weighted by Crippen LogP contribution is -2.38. The molecule has 2 aliphatic rings. The molecular weight excluding hydrogens is 308 g/mol. The second-order valence-corrected chi connectivity index (χ2v) is 6.22. The minimum Gasteiger partial charge on any atom is -0.360 e. The van der Waals surface area contributed by atoms with Crippen LogP contribution in [0.25, 0.3) is 23.0 Å². The molecule has 2 aromatic carbocycles. The first-order chi connectivity index (χ1) is 12.7. The fourth-order valence-electron chi connectivity index (χ4n) is 3.52. The van der Waals surface area contributed by atoms with Crippen molar-refractivity contribution in [2.24, 2.45) is 0 Å². The van der Waals surface area contributed by atoms with Crippen LogP contribution in [0.5, 0.6) is 0 Å². The fourth-order valence-corrected chi connectivity index (χ4v) is 3.52. The molecular formula is C21H16N4. The van der Waals surface area contributed by atoms with E-state index >= 15 is 0 Å². The number of aromatic nitrogens is 1. The summed E-state index contributed by atoms with van der Waals surface area (Å²) in [7, 11) is 0. The van der Waals surface area contributed by atoms with Crippen LogP contribution < -0.4 is 5.32 Å². The van der Waals surface area contributed by atoms with Crippen molar-refractivity contribution in [1.82, 2.24) is 9.47 Å². The van der Waals surface area contributed by atoms with Crippen LogP contribution in [0.3, 0.4) is 0 Å². The number of para-hydroxylation sites is 1. The molecule has 3 aromatic rings. The summed E-state index contributed by atoms with van der Waals surface area (Å²) in [5, 5.41) is 15.0. The van der Waals surface area contributed by atoms with Gasteiger partial charge in [0.05, 0.1) is 19.2 Å². The molecule has 25 heavy (non-hydrogen) atoms. The number of nitrogens with zero attached hydrogens (tertiary/aromatic N) is 3. The average molecular weight is 325 g/mol. The minimum atomic E-state index is -1.15. The van der Waals surface area contributed by atoms with E-state index in [9.17, 15) is 5.26 Å². The van der Waals surface area contributed by atoms with E-state index in [1.807, 2.05) is 53.7 Å². The summed E-state index contributed by atoms with van der Waals surface area (Å²) in [5.74, 6) is 0. The number of nitriles is 1. The van der Waals surface area contributed by atoms with Crippen molar-refractivity contribution in [2.75, 3.05) is 5.32 Å². The summed E-state index contributed by atoms with van der Waals surface area (Å²) in [6.07, 6.45) is 8.63. The first-order valence-corrected chi connectivity index (χ1v) is 8.22. The SMILES string of the molecule is [2H]C1(N2C=Cn3cc4ccccc4c3C2)C=Cc2cccc(C#N)c2N1. The summed E-state index contributed by atoms with van der Waals surface area (Å²) >= 11 is 0. The van der Waals surface area contributed by atoms with E-state index in [-0.39, 0.29) is 0 Å². The van der Waals surface area contributed by atoms with Crippen LogP contribution in [0.1, 0.15) is 18.2 Å². The van der Waals surface area contributed by atoms with Gasteiger partial charge < -0.3 is 14.8 Å². The van der Waals surface area contributed by atoms with Crippen molar-refractivity contribution in [1.29, 1.82) is 5.26 Å². The Hall–Kier alpha value is -3.45. The normalized spacial score (nSPS) is 21.2. The molecule has 0 aliphatic carbocycles. The molecule has 5 rings (SSSR count). The molecule has 1 aromatic heterocycles. The second kappa shape index (κ2) is 5.29. The number of fused-ring (bicyclic) bond motifs is 4. The highest BCUT2D eigenvalue weighted by atomic mass is 15.3. The van der Waals surface area contributed by atoms with Gasteiger partial charge in [-0.25, -0.2) is 0 Å². The zero-order chi connectivity index (χ0) is 17.7. The summed E-state index contributed by atoms with van der Waals surface area (Å²) in [6.45, 7) is 0.606. The lowest BCUT2D eigenvalue weighted by molar-refractivity contribution is 0.325. The smallest absolute Gasteiger partial charge is 0.119 e. The molecule has 0 amide bonds. The van der Waals surface area contributed by atoms with Crippen molar-refractivity contribution in [3.05, 3.63) is 77.8 Å². The third-order valence-corrected chi connectivity index (χ3v) is 4.79. The molecule has 3 heterocycles. The Kier molecular flexibility index (Phi) is 2.73. The van der Waals surface area contributed by atoms with E-state index in [2.05, 4.69) is 34.3 Å². The first-order valence-electron chi connectivity index (χ1n) is 8.72. The maximum Gasteiger partial charge on any atom is 0.119 e. The summed E-state index contributed by atoms with van der Waals surface area (Å²) in [5.41, 5.74) is 3.36. The molecule has 1 unspecified atom stereocenters. The van der Waals surface area contributed by atoms with Crippen LogP contribution in [-0.4, -0.2) is 15.6 Å². The number of hydrogen-bond acceptors (Lipinski definition) is 3. The van der Waals surface area contributed by atoms with Gasteiger partial charge in [-0.1, -0.05) is 42.5 Å². The molecule has 120 valence electrons. The molecule has 0 bridgehead atoms. The summed E-state index contributed by atoms with van der Waals surface area (Å²) in [4.78, 5) is 1.95. The Balaban J connectivity index is 1.54. The van der Waals surface area contributed by atoms with Gasteiger partial charge in [0.25, 0.3) is 0 Å². The van der Waals surface area contributed by atoms with Crippen molar-refractivity contribution >= 4 is 28.7 Å². The topological polar surface area (TPSA) is 44.0 Å². The van der Waals surface area contributed by atoms with E-state index in [0.29, 0.717) is 17.8 Å². The monoisotopic (exact) mass is 325 g/mol. The van der Waals surface area contributed by atoms with Gasteiger partial charge in [-0.3, -0.25) is 0 Å². The highest BCUT2D eigenvalue weighted by molar-refractivity contribution is 5.86. The summed E-state index contributed by atoms with van der Waals surface area (Å²) in [6, 6.07) is 16.1. The Morgan fingerprint density at radius 2 is 2.08 bits per heavy atom. The van der Waals surface area contributed by atoms with E-state index in [0.717, 1.165) is 11.3 Å². The van der Waals surface area contributed by atoms with Gasteiger partial charge in [0.15, 0.2) is 0 Å². The molecule has 4 nitrogen and oxygen atoms in total. The third kappa shape index (κ3) is 2.14. The van der Waals surface area contributed by atoms with Crippen LogP contribution >= 0.6 is 0 Å². The van der Waals surface area contributed by atoms with Crippen LogP contribution in [-0.2, 0) is 6.54 Å². The highest BCUT2D eigenvalue weighted by Crippen LogP contribution is 2.31. The van der Waals surface area contributed by atoms with E-state index in [1.165, 1.54) is 10.8 Å². The predicted octanol–water partition coefficient (Wildman–Crippen LogP) is 4.22. The van der Waals surface area contributed by atoms with Crippen molar-refractivity contribution in [3.8, 4) is 6.07 Å². The van der Waals surface area contributed by atoms with Crippen LogP contribution in [0, 0.1) is 11.3 Å². The third-order valence-electron chi connectivity index (χ3n) is 4.79. The Bertz CT molecular complexity index is 1130. The quantitative estimate of drug-likeness (QED) is 0.728. The number of benzene rings is 2. The fraction of sp³-hybridized carbons (Fsp3) is 0.0952. The molecule has 1 atom stereocenters. The van der Waals surface area contributed by atoms with Gasteiger partial charge in [0, 0.05) is 35.1 Å². The van der Waals surface area contributed by atoms with E-state index < -0.39 is 6.14 Å². The first kappa shape index (κ1) is 12.9. The standard InChI is InChI=1S/C21H16N4/c22-12-16-6-3-5-15-8-9-20(23-21(15)16)25-11-10-24-13-17-4-1-2-7-18(17)19(24)14-25/h1-11,13,20,23H,14H2/i20D. The number of rotatable bonds is 1. The molecule has 0 saturated heterocycles. The van der Waals surface area contributed by atoms with Crippen molar-refractivity contribution in [2.45, 2.75) is 12.7 Å². The molecule has 2 aliphatic heterocycles. The highest BCUT2D eigenvalue weighted by Gasteiger charge is 2.23.